The van der Waals surface area contributed by atoms with E-state index >= 15 is 0 Å². The number of ether oxygens (including phenoxy) is 2. The predicted octanol–water partition coefficient (Wildman–Crippen LogP) is 4.96. The van der Waals surface area contributed by atoms with Crippen molar-refractivity contribution in [3.63, 3.8) is 0 Å². The van der Waals surface area contributed by atoms with Gasteiger partial charge in [-0.3, -0.25) is 8.98 Å². The first kappa shape index (κ1) is 24.8. The van der Waals surface area contributed by atoms with Crippen molar-refractivity contribution in [3.8, 4) is 0 Å². The highest BCUT2D eigenvalue weighted by atomic mass is 32.2. The zero-order chi connectivity index (χ0) is 25.0. The molecule has 6 nitrogen and oxygen atoms in total. The molecule has 0 aromatic carbocycles. The standard InChI is InChI=1S/C28H44O6S/c1-16-8-11-28(32-15-16)17(2)25-23(33-28)13-22-20-7-6-18-12-19(34-35(5,30)31)9-10-26(18,3)21(20)14-24(29)27(22,25)4/h16-23,25H,6-15H2,1-5H3/t16-,17-,18-,19-,20+,21-,22-,23-,25-,26-,27+,28+/m0/s1. The lowest BCUT2D eigenvalue weighted by atomic mass is 9.44. The highest BCUT2D eigenvalue weighted by molar-refractivity contribution is 7.86. The maximum Gasteiger partial charge on any atom is 0.264 e. The Hall–Kier alpha value is -0.500. The second kappa shape index (κ2) is 8.00. The number of fused-ring (bicyclic) bond motifs is 7. The lowest BCUT2D eigenvalue weighted by Crippen LogP contribution is -2.58. The molecule has 2 saturated heterocycles. The van der Waals surface area contributed by atoms with Gasteiger partial charge in [0.05, 0.1) is 25.1 Å². The van der Waals surface area contributed by atoms with Crippen LogP contribution in [0.1, 0.15) is 85.5 Å². The Morgan fingerprint density at radius 1 is 1.00 bits per heavy atom. The molecule has 0 amide bonds. The fourth-order valence-corrected chi connectivity index (χ4v) is 10.9. The minimum atomic E-state index is -3.44. The molecule has 198 valence electrons. The van der Waals surface area contributed by atoms with Crippen LogP contribution in [0.3, 0.4) is 0 Å². The molecule has 0 radical (unpaired) electrons. The van der Waals surface area contributed by atoms with Gasteiger partial charge in [0.1, 0.15) is 5.78 Å². The van der Waals surface area contributed by atoms with Crippen molar-refractivity contribution >= 4 is 15.9 Å². The van der Waals surface area contributed by atoms with E-state index in [0.29, 0.717) is 41.8 Å². The molecule has 6 rings (SSSR count). The molecule has 35 heavy (non-hydrogen) atoms. The Balaban J connectivity index is 1.24. The van der Waals surface area contributed by atoms with E-state index in [1.165, 1.54) is 0 Å². The summed E-state index contributed by atoms with van der Waals surface area (Å²) in [6.07, 6.45) is 9.56. The molecule has 0 aromatic heterocycles. The van der Waals surface area contributed by atoms with Crippen molar-refractivity contribution in [1.82, 2.24) is 0 Å². The van der Waals surface area contributed by atoms with Crippen LogP contribution in [0.4, 0.5) is 0 Å². The van der Waals surface area contributed by atoms with E-state index < -0.39 is 15.9 Å². The van der Waals surface area contributed by atoms with Gasteiger partial charge in [0.15, 0.2) is 5.79 Å². The smallest absolute Gasteiger partial charge is 0.264 e. The third-order valence-electron chi connectivity index (χ3n) is 12.1. The molecule has 4 saturated carbocycles. The van der Waals surface area contributed by atoms with E-state index in [4.69, 9.17) is 13.7 Å². The minimum Gasteiger partial charge on any atom is -0.349 e. The van der Waals surface area contributed by atoms with Gasteiger partial charge in [-0.05, 0) is 80.0 Å². The molecule has 4 aliphatic carbocycles. The first-order valence-electron chi connectivity index (χ1n) is 14.1. The molecular formula is C28H44O6S. The number of hydrogen-bond donors (Lipinski definition) is 0. The summed E-state index contributed by atoms with van der Waals surface area (Å²) < 4.78 is 42.1. The third kappa shape index (κ3) is 3.57. The second-order valence-corrected chi connectivity index (χ2v) is 15.3. The van der Waals surface area contributed by atoms with Gasteiger partial charge in [0.25, 0.3) is 10.1 Å². The minimum absolute atomic E-state index is 0.0886. The largest absolute Gasteiger partial charge is 0.349 e. The third-order valence-corrected chi connectivity index (χ3v) is 12.7. The number of carbonyl (C=O) groups is 1. The molecule has 1 spiro atoms. The number of carbonyl (C=O) groups excluding carboxylic acids is 1. The molecule has 0 unspecified atom stereocenters. The summed E-state index contributed by atoms with van der Waals surface area (Å²) in [6.45, 7) is 9.95. The SMILES string of the molecule is C[C@H]1CC[C@@]2(OC1)O[C@H]1C[C@H]3[C@@H]4CC[C@H]5C[C@@H](OS(C)(=O)=O)CC[C@]5(C)[C@H]4CC(=O)[C@]3(C)[C@H]1[C@@H]2C. The monoisotopic (exact) mass is 508 g/mol. The molecule has 7 heteroatoms. The van der Waals surface area contributed by atoms with Crippen LogP contribution >= 0.6 is 0 Å². The van der Waals surface area contributed by atoms with Crippen molar-refractivity contribution in [2.24, 2.45) is 52.3 Å². The van der Waals surface area contributed by atoms with Gasteiger partial charge >= 0.3 is 0 Å². The maximum atomic E-state index is 14.1. The maximum absolute atomic E-state index is 14.1. The van der Waals surface area contributed by atoms with Crippen molar-refractivity contribution in [1.29, 1.82) is 0 Å². The lowest BCUT2D eigenvalue weighted by Gasteiger charge is -2.60. The topological polar surface area (TPSA) is 78.9 Å². The van der Waals surface area contributed by atoms with E-state index in [-0.39, 0.29) is 34.9 Å². The molecule has 2 aliphatic heterocycles. The molecule has 0 N–H and O–H groups in total. The zero-order valence-electron chi connectivity index (χ0n) is 22.1. The van der Waals surface area contributed by atoms with Gasteiger partial charge in [0.2, 0.25) is 0 Å². The van der Waals surface area contributed by atoms with E-state index in [2.05, 4.69) is 27.7 Å². The molecule has 12 atom stereocenters. The highest BCUT2D eigenvalue weighted by Crippen LogP contribution is 2.70. The summed E-state index contributed by atoms with van der Waals surface area (Å²) in [4.78, 5) is 14.1. The normalized spacial score (nSPS) is 55.8. The van der Waals surface area contributed by atoms with Crippen LogP contribution in [0, 0.1) is 52.3 Å². The van der Waals surface area contributed by atoms with Crippen LogP contribution in [0.25, 0.3) is 0 Å². The van der Waals surface area contributed by atoms with Gasteiger partial charge in [0, 0.05) is 30.1 Å². The molecule has 6 aliphatic rings. The zero-order valence-corrected chi connectivity index (χ0v) is 22.9. The second-order valence-electron chi connectivity index (χ2n) is 13.7. The molecular weight excluding hydrogens is 464 g/mol. The van der Waals surface area contributed by atoms with Crippen LogP contribution < -0.4 is 0 Å². The number of rotatable bonds is 2. The van der Waals surface area contributed by atoms with Crippen LogP contribution in [-0.2, 0) is 28.6 Å². The van der Waals surface area contributed by atoms with Crippen molar-refractivity contribution in [2.45, 2.75) is 103 Å². The summed E-state index contributed by atoms with van der Waals surface area (Å²) in [5, 5.41) is 0. The first-order valence-corrected chi connectivity index (χ1v) is 15.9. The highest BCUT2D eigenvalue weighted by Gasteiger charge is 2.71. The van der Waals surface area contributed by atoms with Gasteiger partial charge in [-0.25, -0.2) is 0 Å². The molecule has 0 aromatic rings. The Labute approximate surface area is 211 Å². The summed E-state index contributed by atoms with van der Waals surface area (Å²) in [6, 6.07) is 0. The molecule has 6 fully saturated rings. The lowest BCUT2D eigenvalue weighted by molar-refractivity contribution is -0.272. The van der Waals surface area contributed by atoms with Crippen molar-refractivity contribution < 1.29 is 26.9 Å². The number of hydrogen-bond acceptors (Lipinski definition) is 6. The summed E-state index contributed by atoms with van der Waals surface area (Å²) in [7, 11) is -3.44. The van der Waals surface area contributed by atoms with Crippen molar-refractivity contribution in [2.75, 3.05) is 12.9 Å². The van der Waals surface area contributed by atoms with Crippen LogP contribution in [0.15, 0.2) is 0 Å². The quantitative estimate of drug-likeness (QED) is 0.491. The average molecular weight is 509 g/mol. The van der Waals surface area contributed by atoms with Crippen molar-refractivity contribution in [3.05, 3.63) is 0 Å². The summed E-state index contributed by atoms with van der Waals surface area (Å²) in [5.41, 5.74) is -0.230. The van der Waals surface area contributed by atoms with Gasteiger partial charge in [-0.2, -0.15) is 8.42 Å². The number of ketones is 1. The Kier molecular flexibility index (Phi) is 5.67. The molecule has 0 bridgehead atoms. The van der Waals surface area contributed by atoms with Gasteiger partial charge in [-0.1, -0.05) is 27.7 Å². The van der Waals surface area contributed by atoms with Crippen LogP contribution in [0.5, 0.6) is 0 Å². The first-order chi connectivity index (χ1) is 16.4. The molecule has 2 heterocycles. The van der Waals surface area contributed by atoms with Crippen LogP contribution in [-0.4, -0.2) is 45.1 Å². The van der Waals surface area contributed by atoms with Gasteiger partial charge < -0.3 is 9.47 Å². The number of Topliss-reactive ketones (excluding diaryl/α,β-unsaturated/α-hetero) is 1. The Morgan fingerprint density at radius 3 is 2.46 bits per heavy atom. The predicted molar refractivity (Wildman–Crippen MR) is 132 cm³/mol. The van der Waals surface area contributed by atoms with E-state index in [0.717, 1.165) is 64.2 Å². The summed E-state index contributed by atoms with van der Waals surface area (Å²) in [5.74, 6) is 2.78. The summed E-state index contributed by atoms with van der Waals surface area (Å²) >= 11 is 0. The van der Waals surface area contributed by atoms with Gasteiger partial charge in [-0.15, -0.1) is 0 Å². The van der Waals surface area contributed by atoms with E-state index in [9.17, 15) is 13.2 Å². The van der Waals surface area contributed by atoms with Crippen LogP contribution in [0.2, 0.25) is 0 Å². The Bertz CT molecular complexity index is 985. The average Bonchev–Trinajstić information content (AvgIpc) is 3.22. The Morgan fingerprint density at radius 2 is 1.77 bits per heavy atom. The van der Waals surface area contributed by atoms with E-state index in [1.807, 2.05) is 0 Å². The van der Waals surface area contributed by atoms with E-state index in [1.54, 1.807) is 0 Å². The fourth-order valence-electron chi connectivity index (χ4n) is 10.2. The fraction of sp³-hybridized carbons (Fsp3) is 0.964.